The Kier molecular flexibility index (Phi) is 7.46. The lowest BCUT2D eigenvalue weighted by Crippen LogP contribution is -2.47. The minimum Gasteiger partial charge on any atom is -0.424 e. The lowest BCUT2D eigenvalue weighted by molar-refractivity contribution is -0.126. The minimum absolute atomic E-state index is 0.0532. The number of likely N-dealkylation sites (N-methyl/N-ethyl adjacent to an activating group) is 1. The van der Waals surface area contributed by atoms with Gasteiger partial charge in [-0.2, -0.15) is 0 Å². The van der Waals surface area contributed by atoms with Crippen molar-refractivity contribution in [3.05, 3.63) is 64.1 Å². The topological polar surface area (TPSA) is 161 Å². The van der Waals surface area contributed by atoms with Crippen molar-refractivity contribution in [2.24, 2.45) is 15.9 Å². The Labute approximate surface area is 215 Å². The summed E-state index contributed by atoms with van der Waals surface area (Å²) in [5.74, 6) is -1.73. The molecule has 4 N–H and O–H groups in total. The number of anilines is 1. The van der Waals surface area contributed by atoms with Crippen LogP contribution in [0.2, 0.25) is 10.0 Å². The molecule has 0 radical (unpaired) electrons. The molecule has 3 atom stereocenters. The third kappa shape index (κ3) is 6.07. The summed E-state index contributed by atoms with van der Waals surface area (Å²) in [6.45, 7) is 0. The van der Waals surface area contributed by atoms with Crippen LogP contribution in [-0.2, 0) is 13.9 Å². The molecule has 0 bridgehead atoms. The van der Waals surface area contributed by atoms with Crippen LogP contribution in [-0.4, -0.2) is 56.8 Å². The molecule has 2 heterocycles. The van der Waals surface area contributed by atoms with Gasteiger partial charge in [0.15, 0.2) is 5.90 Å². The molecule has 2 aliphatic rings. The number of fused-ring (bicyclic) bond motifs is 1. The largest absolute Gasteiger partial charge is 0.424 e. The van der Waals surface area contributed by atoms with E-state index in [1.165, 1.54) is 29.2 Å². The molecular weight excluding hydrogens is 553 g/mol. The van der Waals surface area contributed by atoms with Gasteiger partial charge in [0.05, 0.1) is 16.0 Å². The van der Waals surface area contributed by atoms with E-state index in [-0.39, 0.29) is 23.5 Å². The number of aliphatic imine (C=N–C) groups is 2. The summed E-state index contributed by atoms with van der Waals surface area (Å²) in [5.41, 5.74) is 1.32. The molecule has 2 aromatic rings. The first-order chi connectivity index (χ1) is 16.8. The molecule has 4 rings (SSSR count). The van der Waals surface area contributed by atoms with Crippen molar-refractivity contribution in [1.29, 1.82) is 0 Å². The molecule has 0 spiro atoms. The molecule has 2 aromatic carbocycles. The zero-order valence-corrected chi connectivity index (χ0v) is 21.8. The molecule has 190 valence electrons. The Balaban J connectivity index is 1.49. The lowest BCUT2D eigenvalue weighted by Gasteiger charge is -2.36. The van der Waals surface area contributed by atoms with Crippen molar-refractivity contribution in [2.45, 2.75) is 6.17 Å². The van der Waals surface area contributed by atoms with Gasteiger partial charge in [0, 0.05) is 30.1 Å². The van der Waals surface area contributed by atoms with Gasteiger partial charge in [-0.25, -0.2) is 14.5 Å². The molecule has 1 amide bonds. The summed E-state index contributed by atoms with van der Waals surface area (Å²) in [7, 11) is -7.65. The Morgan fingerprint density at radius 2 is 1.72 bits per heavy atom. The molecule has 0 aromatic heterocycles. The van der Waals surface area contributed by atoms with Crippen LogP contribution in [0, 0.1) is 5.92 Å². The van der Waals surface area contributed by atoms with Gasteiger partial charge < -0.3 is 29.4 Å². The monoisotopic (exact) mass is 572 g/mol. The number of rotatable bonds is 6. The average molecular weight is 573 g/mol. The summed E-state index contributed by atoms with van der Waals surface area (Å²) in [6, 6.07) is 10.7. The summed E-state index contributed by atoms with van der Waals surface area (Å²) in [5, 5.41) is 3.70. The third-order valence-corrected chi connectivity index (χ3v) is 9.26. The predicted molar refractivity (Wildman–Crippen MR) is 138 cm³/mol. The molecular formula is C21H20Cl2N4O7P2. The summed E-state index contributed by atoms with van der Waals surface area (Å²) >= 11 is 12.6. The number of hydrogen-bond acceptors (Lipinski definition) is 7. The van der Waals surface area contributed by atoms with E-state index in [1.54, 1.807) is 37.5 Å². The first kappa shape index (κ1) is 26.6. The van der Waals surface area contributed by atoms with Gasteiger partial charge in [-0.05, 0) is 36.4 Å². The van der Waals surface area contributed by atoms with Gasteiger partial charge in [0.1, 0.15) is 11.9 Å². The quantitative estimate of drug-likeness (QED) is 0.377. The summed E-state index contributed by atoms with van der Waals surface area (Å²) in [6.07, 6.45) is 2.83. The first-order valence-electron chi connectivity index (χ1n) is 10.3. The van der Waals surface area contributed by atoms with E-state index in [2.05, 4.69) is 15.3 Å². The van der Waals surface area contributed by atoms with E-state index < -0.39 is 27.3 Å². The summed E-state index contributed by atoms with van der Waals surface area (Å²) in [4.78, 5) is 50.9. The highest BCUT2D eigenvalue weighted by molar-refractivity contribution is 7.70. The Hall–Kier alpha value is -2.49. The fourth-order valence-corrected chi connectivity index (χ4v) is 6.84. The van der Waals surface area contributed by atoms with Gasteiger partial charge >= 0.3 is 15.2 Å². The van der Waals surface area contributed by atoms with Gasteiger partial charge in [-0.15, -0.1) is 0 Å². The smallest absolute Gasteiger partial charge is 0.388 e. The SMILES string of the molecule is CN1C(=O)C(c2c(Cl)cccc2Cl)=CC2C=NC(Nc3ccc(OP(=O)(O)CP(=O)(O)O)cc3)=NC21. The highest BCUT2D eigenvalue weighted by Crippen LogP contribution is 2.55. The number of guanidine groups is 1. The van der Waals surface area contributed by atoms with Crippen LogP contribution in [0.15, 0.2) is 58.5 Å². The molecule has 36 heavy (non-hydrogen) atoms. The van der Waals surface area contributed by atoms with Crippen molar-refractivity contribution < 1.29 is 33.1 Å². The number of hydrogen-bond donors (Lipinski definition) is 4. The number of halogens is 2. The highest BCUT2D eigenvalue weighted by Gasteiger charge is 2.37. The van der Waals surface area contributed by atoms with Gasteiger partial charge in [-0.1, -0.05) is 35.3 Å². The normalized spacial score (nSPS) is 21.3. The molecule has 11 nitrogen and oxygen atoms in total. The number of nitrogens with one attached hydrogen (secondary N) is 1. The standard InChI is InChI=1S/C21H20Cl2N4O7P2/c1-27-19-12(9-15(20(27)28)18-16(22)3-2-4-17(18)23)10-24-21(26-19)25-13-5-7-14(8-6-13)34-36(32,33)11-35(29,30)31/h2-10,12,19H,11H2,1H3,(H,25,26)(H,32,33)(H2,29,30,31). The van der Waals surface area contributed by atoms with Crippen LogP contribution in [0.4, 0.5) is 5.69 Å². The minimum atomic E-state index is -4.73. The lowest BCUT2D eigenvalue weighted by atomic mass is 9.92. The Morgan fingerprint density at radius 1 is 1.08 bits per heavy atom. The van der Waals surface area contributed by atoms with Crippen molar-refractivity contribution >= 4 is 67.7 Å². The maximum Gasteiger partial charge on any atom is 0.388 e. The number of benzene rings is 2. The second-order valence-electron chi connectivity index (χ2n) is 8.00. The Bertz CT molecular complexity index is 1370. The van der Waals surface area contributed by atoms with E-state index in [9.17, 15) is 18.8 Å². The van der Waals surface area contributed by atoms with E-state index in [0.29, 0.717) is 26.9 Å². The zero-order valence-electron chi connectivity index (χ0n) is 18.5. The van der Waals surface area contributed by atoms with Crippen LogP contribution in [0.25, 0.3) is 5.57 Å². The third-order valence-electron chi connectivity index (χ3n) is 5.23. The average Bonchev–Trinajstić information content (AvgIpc) is 2.77. The molecule has 15 heteroatoms. The van der Waals surface area contributed by atoms with Gasteiger partial charge in [0.2, 0.25) is 5.96 Å². The van der Waals surface area contributed by atoms with Crippen LogP contribution in [0.5, 0.6) is 5.75 Å². The van der Waals surface area contributed by atoms with Crippen molar-refractivity contribution in [3.8, 4) is 5.75 Å². The van der Waals surface area contributed by atoms with Crippen LogP contribution in [0.1, 0.15) is 5.56 Å². The maximum atomic E-state index is 13.1. The summed E-state index contributed by atoms with van der Waals surface area (Å²) < 4.78 is 27.7. The van der Waals surface area contributed by atoms with E-state index >= 15 is 0 Å². The van der Waals surface area contributed by atoms with Crippen molar-refractivity contribution in [3.63, 3.8) is 0 Å². The number of nitrogens with zero attached hydrogens (tertiary/aromatic N) is 3. The molecule has 0 saturated heterocycles. The molecule has 3 unspecified atom stereocenters. The van der Waals surface area contributed by atoms with Crippen LogP contribution < -0.4 is 9.84 Å². The second-order valence-corrected chi connectivity index (χ2v) is 12.7. The van der Waals surface area contributed by atoms with E-state index in [0.717, 1.165) is 0 Å². The van der Waals surface area contributed by atoms with E-state index in [4.69, 9.17) is 37.5 Å². The van der Waals surface area contributed by atoms with Crippen molar-refractivity contribution in [1.82, 2.24) is 4.90 Å². The molecule has 2 aliphatic heterocycles. The fraction of sp³-hybridized carbons (Fsp3) is 0.190. The Morgan fingerprint density at radius 3 is 2.33 bits per heavy atom. The van der Waals surface area contributed by atoms with E-state index in [1.807, 2.05) is 0 Å². The van der Waals surface area contributed by atoms with Crippen LogP contribution >= 0.6 is 38.4 Å². The molecule has 0 aliphatic carbocycles. The highest BCUT2D eigenvalue weighted by atomic mass is 35.5. The van der Waals surface area contributed by atoms with Crippen molar-refractivity contribution in [2.75, 3.05) is 18.3 Å². The van der Waals surface area contributed by atoms with Gasteiger partial charge in [-0.3, -0.25) is 9.36 Å². The zero-order chi connectivity index (χ0) is 26.3. The molecule has 0 fully saturated rings. The van der Waals surface area contributed by atoms with Crippen LogP contribution in [0.3, 0.4) is 0 Å². The maximum absolute atomic E-state index is 13.1. The number of amides is 1. The fourth-order valence-electron chi connectivity index (χ4n) is 3.69. The number of carbonyl (C=O) groups is 1. The predicted octanol–water partition coefficient (Wildman–Crippen LogP) is 4.04. The molecule has 0 saturated carbocycles. The first-order valence-corrected chi connectivity index (χ1v) is 14.6. The van der Waals surface area contributed by atoms with Gasteiger partial charge in [0.25, 0.3) is 5.91 Å². The second kappa shape index (κ2) is 10.1. The number of carbonyl (C=O) groups excluding carboxylic acids is 1.